The summed E-state index contributed by atoms with van der Waals surface area (Å²) in [6, 6.07) is 6.67. The van der Waals surface area contributed by atoms with Gasteiger partial charge in [0.05, 0.1) is 23.7 Å². The van der Waals surface area contributed by atoms with Gasteiger partial charge in [-0.3, -0.25) is 0 Å². The SMILES string of the molecule is CN(CCCCC[C@@H]1Cc2cc(OC3CCCCO3)ccc2[C@H]2CC[C@@]3(C)[C@@H](CC[C@]3(C)O)[C@H]12)CCCS(=O)(=O)CCCC(F)(F)C(F)(F)F. The molecule has 1 saturated heterocycles. The second-order valence-corrected chi connectivity index (χ2v) is 18.6. The van der Waals surface area contributed by atoms with Crippen molar-refractivity contribution in [2.45, 2.75) is 140 Å². The van der Waals surface area contributed by atoms with Gasteiger partial charge in [-0.05, 0) is 150 Å². The molecule has 1 heterocycles. The van der Waals surface area contributed by atoms with Crippen molar-refractivity contribution in [1.29, 1.82) is 0 Å². The van der Waals surface area contributed by atoms with Crippen LogP contribution in [0, 0.1) is 23.2 Å². The van der Waals surface area contributed by atoms with Crippen molar-refractivity contribution >= 4 is 9.84 Å². The average Bonchev–Trinajstić information content (AvgIpc) is 3.28. The molecule has 6 nitrogen and oxygen atoms in total. The summed E-state index contributed by atoms with van der Waals surface area (Å²) in [4.78, 5) is 2.06. The smallest absolute Gasteiger partial charge is 0.453 e. The zero-order valence-corrected chi connectivity index (χ0v) is 30.9. The zero-order chi connectivity index (χ0) is 36.4. The fourth-order valence-corrected chi connectivity index (χ4v) is 11.1. The van der Waals surface area contributed by atoms with E-state index in [2.05, 4.69) is 30.0 Å². The molecule has 4 aliphatic rings. The Morgan fingerprint density at radius 3 is 2.42 bits per heavy atom. The highest BCUT2D eigenvalue weighted by Crippen LogP contribution is 2.65. The molecule has 1 aliphatic heterocycles. The minimum absolute atomic E-state index is 0.0738. The minimum atomic E-state index is -5.66. The second-order valence-electron chi connectivity index (χ2n) is 16.3. The normalized spacial score (nSPS) is 31.7. The molecule has 0 aromatic heterocycles. The van der Waals surface area contributed by atoms with Gasteiger partial charge >= 0.3 is 12.1 Å². The van der Waals surface area contributed by atoms with Crippen LogP contribution in [0.1, 0.15) is 121 Å². The topological polar surface area (TPSA) is 76.1 Å². The van der Waals surface area contributed by atoms with Crippen molar-refractivity contribution < 1.29 is 45.0 Å². The highest BCUT2D eigenvalue weighted by molar-refractivity contribution is 7.91. The number of hydrogen-bond donors (Lipinski definition) is 1. The first-order valence-electron chi connectivity index (χ1n) is 18.9. The number of alkyl halides is 5. The van der Waals surface area contributed by atoms with Gasteiger partial charge in [-0.2, -0.15) is 22.0 Å². The molecule has 1 unspecified atom stereocenters. The molecule has 12 heteroatoms. The number of ether oxygens (including phenoxy) is 2. The van der Waals surface area contributed by atoms with Crippen LogP contribution >= 0.6 is 0 Å². The molecule has 2 saturated carbocycles. The van der Waals surface area contributed by atoms with Crippen LogP contribution in [0.5, 0.6) is 5.75 Å². The number of rotatable bonds is 16. The molecule has 1 aromatic carbocycles. The Morgan fingerprint density at radius 1 is 0.960 bits per heavy atom. The maximum Gasteiger partial charge on any atom is 0.453 e. The van der Waals surface area contributed by atoms with Gasteiger partial charge in [0.25, 0.3) is 0 Å². The van der Waals surface area contributed by atoms with Gasteiger partial charge in [-0.15, -0.1) is 0 Å². The van der Waals surface area contributed by atoms with E-state index in [0.29, 0.717) is 36.6 Å². The Bertz CT molecular complexity index is 1380. The number of benzene rings is 1. The molecule has 1 N–H and O–H groups in total. The monoisotopic (exact) mass is 735 g/mol. The van der Waals surface area contributed by atoms with E-state index in [4.69, 9.17) is 9.47 Å². The lowest BCUT2D eigenvalue weighted by Gasteiger charge is -2.55. The third kappa shape index (κ3) is 9.16. The summed E-state index contributed by atoms with van der Waals surface area (Å²) in [5.41, 5.74) is 2.13. The lowest BCUT2D eigenvalue weighted by molar-refractivity contribution is -0.284. The van der Waals surface area contributed by atoms with Gasteiger partial charge < -0.3 is 19.5 Å². The Morgan fingerprint density at radius 2 is 1.70 bits per heavy atom. The first kappa shape index (κ1) is 39.7. The number of hydrogen-bond acceptors (Lipinski definition) is 6. The first-order chi connectivity index (χ1) is 23.4. The van der Waals surface area contributed by atoms with E-state index in [9.17, 15) is 35.5 Å². The Balaban J connectivity index is 1.11. The van der Waals surface area contributed by atoms with Crippen LogP contribution in [0.25, 0.3) is 0 Å². The Kier molecular flexibility index (Phi) is 12.6. The van der Waals surface area contributed by atoms with Crippen molar-refractivity contribution in [3.05, 3.63) is 29.3 Å². The van der Waals surface area contributed by atoms with Crippen LogP contribution in [0.15, 0.2) is 18.2 Å². The number of nitrogens with zero attached hydrogens (tertiary/aromatic N) is 1. The van der Waals surface area contributed by atoms with E-state index in [1.807, 2.05) is 14.0 Å². The average molecular weight is 736 g/mol. The summed E-state index contributed by atoms with van der Waals surface area (Å²) in [5.74, 6) is -2.85. The number of fused-ring (bicyclic) bond motifs is 5. The highest BCUT2D eigenvalue weighted by atomic mass is 32.2. The largest absolute Gasteiger partial charge is 0.465 e. The predicted molar refractivity (Wildman–Crippen MR) is 184 cm³/mol. The van der Waals surface area contributed by atoms with E-state index in [-0.39, 0.29) is 17.5 Å². The number of halogens is 5. The molecule has 286 valence electrons. The van der Waals surface area contributed by atoms with Crippen molar-refractivity contribution in [3.63, 3.8) is 0 Å². The van der Waals surface area contributed by atoms with Gasteiger partial charge in [0.15, 0.2) is 6.29 Å². The van der Waals surface area contributed by atoms with Crippen LogP contribution in [0.4, 0.5) is 22.0 Å². The minimum Gasteiger partial charge on any atom is -0.465 e. The second kappa shape index (κ2) is 15.8. The maximum atomic E-state index is 13.1. The van der Waals surface area contributed by atoms with Crippen LogP contribution in [0.2, 0.25) is 0 Å². The lowest BCUT2D eigenvalue weighted by atomic mass is 9.50. The molecule has 0 radical (unpaired) electrons. The van der Waals surface area contributed by atoms with Gasteiger partial charge in [-0.1, -0.05) is 25.8 Å². The Labute approximate surface area is 295 Å². The number of aliphatic hydroxyl groups is 1. The fraction of sp³-hybridized carbons (Fsp3) is 0.842. The summed E-state index contributed by atoms with van der Waals surface area (Å²) in [6.07, 6.45) is 4.58. The lowest BCUT2D eigenvalue weighted by Crippen LogP contribution is -2.51. The van der Waals surface area contributed by atoms with Crippen molar-refractivity contribution in [2.24, 2.45) is 23.2 Å². The third-order valence-corrected chi connectivity index (χ3v) is 14.6. The van der Waals surface area contributed by atoms with Crippen LogP contribution in [0.3, 0.4) is 0 Å². The van der Waals surface area contributed by atoms with Gasteiger partial charge in [0.1, 0.15) is 15.6 Å². The molecule has 0 bridgehead atoms. The predicted octanol–water partition coefficient (Wildman–Crippen LogP) is 8.70. The van der Waals surface area contributed by atoms with Gasteiger partial charge in [0, 0.05) is 12.8 Å². The van der Waals surface area contributed by atoms with E-state index < -0.39 is 46.1 Å². The molecule has 3 fully saturated rings. The summed E-state index contributed by atoms with van der Waals surface area (Å²) < 4.78 is 99.9. The first-order valence-corrected chi connectivity index (χ1v) is 20.7. The standard InChI is InChI=1S/C38H58F5NO5S/c1-35-18-15-31-30-14-13-29(49-33-12-6-8-22-48-33)26-28(30)25-27(34(31)32(35)16-19-36(35,2)45)11-5-4-7-20-44(3)21-10-24-50(46,47)23-9-17-37(39,40)38(41,42)43/h13-14,26-27,31-34,45H,4-12,15-25H2,1-3H3/t27-,31-,32+,33?,34-,35+,36+/m1/s1. The highest BCUT2D eigenvalue weighted by Gasteiger charge is 2.61. The third-order valence-electron chi connectivity index (χ3n) is 12.8. The molecule has 3 aliphatic carbocycles. The molecular weight excluding hydrogens is 677 g/mol. The van der Waals surface area contributed by atoms with Gasteiger partial charge in [0.2, 0.25) is 0 Å². The van der Waals surface area contributed by atoms with Gasteiger partial charge in [-0.25, -0.2) is 8.42 Å². The molecule has 1 aromatic rings. The fourth-order valence-electron chi connectivity index (χ4n) is 9.71. The van der Waals surface area contributed by atoms with Crippen molar-refractivity contribution in [1.82, 2.24) is 4.90 Å². The maximum absolute atomic E-state index is 13.1. The van der Waals surface area contributed by atoms with Crippen LogP contribution in [-0.4, -0.2) is 80.7 Å². The Hall–Kier alpha value is -1.50. The molecular formula is C38H58F5NO5S. The van der Waals surface area contributed by atoms with Crippen LogP contribution in [-0.2, 0) is 21.0 Å². The number of sulfone groups is 1. The quantitative estimate of drug-likeness (QED) is 0.135. The molecule has 0 spiro atoms. The van der Waals surface area contributed by atoms with E-state index in [1.165, 1.54) is 11.1 Å². The zero-order valence-electron chi connectivity index (χ0n) is 30.1. The van der Waals surface area contributed by atoms with Crippen LogP contribution < -0.4 is 4.74 Å². The molecule has 5 rings (SSSR count). The van der Waals surface area contributed by atoms with E-state index in [0.717, 1.165) is 96.0 Å². The number of unbranched alkanes of at least 4 members (excludes halogenated alkanes) is 2. The molecule has 7 atom stereocenters. The summed E-state index contributed by atoms with van der Waals surface area (Å²) >= 11 is 0. The van der Waals surface area contributed by atoms with E-state index >= 15 is 0 Å². The molecule has 50 heavy (non-hydrogen) atoms. The van der Waals surface area contributed by atoms with E-state index in [1.54, 1.807) is 0 Å². The summed E-state index contributed by atoms with van der Waals surface area (Å²) in [5, 5.41) is 11.5. The molecule has 0 amide bonds. The summed E-state index contributed by atoms with van der Waals surface area (Å²) in [7, 11) is -1.78. The summed E-state index contributed by atoms with van der Waals surface area (Å²) in [6.45, 7) is 6.41. The van der Waals surface area contributed by atoms with Crippen molar-refractivity contribution in [2.75, 3.05) is 38.2 Å². The van der Waals surface area contributed by atoms with Crippen molar-refractivity contribution in [3.8, 4) is 5.75 Å².